The predicted octanol–water partition coefficient (Wildman–Crippen LogP) is 1.84. The van der Waals surface area contributed by atoms with Crippen molar-refractivity contribution in [2.75, 3.05) is 13.1 Å². The topological polar surface area (TPSA) is 32.3 Å². The van der Waals surface area contributed by atoms with Gasteiger partial charge in [-0.15, -0.1) is 0 Å². The van der Waals surface area contributed by atoms with E-state index in [0.29, 0.717) is 12.0 Å². The van der Waals surface area contributed by atoms with Crippen LogP contribution in [-0.2, 0) is 0 Å². The van der Waals surface area contributed by atoms with Crippen LogP contribution < -0.4 is 5.32 Å². The fourth-order valence-electron chi connectivity index (χ4n) is 2.92. The molecule has 1 heterocycles. The Morgan fingerprint density at radius 3 is 2.71 bits per heavy atom. The maximum Gasteiger partial charge on any atom is 0.317 e. The third-order valence-electron chi connectivity index (χ3n) is 3.68. The molecule has 0 aromatic carbocycles. The molecule has 0 aromatic heterocycles. The average molecular weight is 196 g/mol. The molecule has 3 nitrogen and oxygen atoms in total. The third kappa shape index (κ3) is 1.72. The van der Waals surface area contributed by atoms with E-state index in [4.69, 9.17) is 0 Å². The number of hydrogen-bond donors (Lipinski definition) is 1. The molecule has 2 aliphatic rings. The fraction of sp³-hybridized carbons (Fsp3) is 0.909. The van der Waals surface area contributed by atoms with E-state index in [-0.39, 0.29) is 6.03 Å². The highest BCUT2D eigenvalue weighted by atomic mass is 16.2. The molecule has 3 heteroatoms. The molecule has 2 amide bonds. The summed E-state index contributed by atoms with van der Waals surface area (Å²) in [6.45, 7) is 6.34. The second-order valence-corrected chi connectivity index (χ2v) is 4.89. The molecule has 3 unspecified atom stereocenters. The van der Waals surface area contributed by atoms with E-state index in [2.05, 4.69) is 19.2 Å². The summed E-state index contributed by atoms with van der Waals surface area (Å²) in [4.78, 5) is 13.6. The normalized spacial score (nSPS) is 38.6. The zero-order chi connectivity index (χ0) is 10.1. The van der Waals surface area contributed by atoms with Crippen molar-refractivity contribution < 1.29 is 4.79 Å². The molecule has 1 aliphatic carbocycles. The number of carbonyl (C=O) groups excluding carboxylic acids is 1. The van der Waals surface area contributed by atoms with Crippen LogP contribution in [0.4, 0.5) is 4.79 Å². The van der Waals surface area contributed by atoms with Gasteiger partial charge < -0.3 is 10.2 Å². The number of hydrogen-bond acceptors (Lipinski definition) is 1. The second-order valence-electron chi connectivity index (χ2n) is 4.89. The molecule has 80 valence electrons. The summed E-state index contributed by atoms with van der Waals surface area (Å²) in [6.07, 6.45) is 3.74. The molecular weight excluding hydrogens is 176 g/mol. The Labute approximate surface area is 85.8 Å². The van der Waals surface area contributed by atoms with Crippen molar-refractivity contribution >= 4 is 6.03 Å². The summed E-state index contributed by atoms with van der Waals surface area (Å²) >= 11 is 0. The van der Waals surface area contributed by atoms with Crippen LogP contribution in [0.3, 0.4) is 0 Å². The zero-order valence-corrected chi connectivity index (χ0v) is 9.12. The average Bonchev–Trinajstić information content (AvgIpc) is 2.52. The zero-order valence-electron chi connectivity index (χ0n) is 9.12. The number of rotatable bonds is 1. The van der Waals surface area contributed by atoms with Crippen molar-refractivity contribution in [1.29, 1.82) is 0 Å². The monoisotopic (exact) mass is 196 g/mol. The van der Waals surface area contributed by atoms with Crippen molar-refractivity contribution in [2.45, 2.75) is 39.2 Å². The van der Waals surface area contributed by atoms with Gasteiger partial charge >= 0.3 is 6.03 Å². The maximum absolute atomic E-state index is 11.5. The highest BCUT2D eigenvalue weighted by Crippen LogP contribution is 2.32. The number of nitrogens with zero attached hydrogens (tertiary/aromatic N) is 1. The standard InChI is InChI=1S/C11H20N2O/c1-8-3-4-10(9(2)7-8)13-6-5-12-11(13)14/h8-10H,3-7H2,1-2H3,(H,12,14). The van der Waals surface area contributed by atoms with Crippen LogP contribution in [-0.4, -0.2) is 30.1 Å². The summed E-state index contributed by atoms with van der Waals surface area (Å²) in [5, 5.41) is 2.89. The number of amides is 2. The highest BCUT2D eigenvalue weighted by Gasteiger charge is 2.34. The van der Waals surface area contributed by atoms with Crippen LogP contribution in [0.2, 0.25) is 0 Å². The SMILES string of the molecule is CC1CCC(N2CCNC2=O)C(C)C1. The lowest BCUT2D eigenvalue weighted by molar-refractivity contribution is 0.129. The Kier molecular flexibility index (Phi) is 2.66. The maximum atomic E-state index is 11.5. The Hall–Kier alpha value is -0.730. The second kappa shape index (κ2) is 3.79. The van der Waals surface area contributed by atoms with E-state index in [1.807, 2.05) is 4.90 Å². The van der Waals surface area contributed by atoms with Gasteiger partial charge in [0, 0.05) is 19.1 Å². The molecule has 0 bridgehead atoms. The molecule has 1 N–H and O–H groups in total. The molecule has 1 aliphatic heterocycles. The van der Waals surface area contributed by atoms with Crippen molar-refractivity contribution in [1.82, 2.24) is 10.2 Å². The molecule has 0 spiro atoms. The van der Waals surface area contributed by atoms with Crippen LogP contribution in [0.5, 0.6) is 0 Å². The van der Waals surface area contributed by atoms with E-state index >= 15 is 0 Å². The van der Waals surface area contributed by atoms with Crippen LogP contribution in [0.25, 0.3) is 0 Å². The lowest BCUT2D eigenvalue weighted by Gasteiger charge is -2.37. The summed E-state index contributed by atoms with van der Waals surface area (Å²) < 4.78 is 0. The van der Waals surface area contributed by atoms with E-state index in [0.717, 1.165) is 19.0 Å². The lowest BCUT2D eigenvalue weighted by atomic mass is 9.79. The summed E-state index contributed by atoms with van der Waals surface area (Å²) in [6, 6.07) is 0.644. The van der Waals surface area contributed by atoms with E-state index < -0.39 is 0 Å². The van der Waals surface area contributed by atoms with Gasteiger partial charge in [0.05, 0.1) is 0 Å². The van der Waals surface area contributed by atoms with Gasteiger partial charge in [-0.3, -0.25) is 0 Å². The lowest BCUT2D eigenvalue weighted by Crippen LogP contribution is -2.44. The summed E-state index contributed by atoms with van der Waals surface area (Å²) in [5.74, 6) is 1.51. The van der Waals surface area contributed by atoms with E-state index in [9.17, 15) is 4.79 Å². The van der Waals surface area contributed by atoms with E-state index in [1.165, 1.54) is 19.3 Å². The van der Waals surface area contributed by atoms with Gasteiger partial charge in [0.1, 0.15) is 0 Å². The van der Waals surface area contributed by atoms with Crippen LogP contribution in [0, 0.1) is 11.8 Å². The Bertz CT molecular complexity index is 229. The van der Waals surface area contributed by atoms with Crippen LogP contribution in [0.1, 0.15) is 33.1 Å². The Morgan fingerprint density at radius 1 is 1.36 bits per heavy atom. The minimum atomic E-state index is 0.149. The van der Waals surface area contributed by atoms with Gasteiger partial charge in [0.2, 0.25) is 0 Å². The molecule has 1 saturated carbocycles. The minimum Gasteiger partial charge on any atom is -0.336 e. The molecule has 0 aromatic rings. The summed E-state index contributed by atoms with van der Waals surface area (Å²) in [7, 11) is 0. The number of nitrogens with one attached hydrogen (secondary N) is 1. The van der Waals surface area contributed by atoms with Crippen LogP contribution >= 0.6 is 0 Å². The first-order valence-corrected chi connectivity index (χ1v) is 5.73. The molecule has 1 saturated heterocycles. The van der Waals surface area contributed by atoms with Gasteiger partial charge in [-0.05, 0) is 31.1 Å². The van der Waals surface area contributed by atoms with Gasteiger partial charge in [-0.2, -0.15) is 0 Å². The Morgan fingerprint density at radius 2 is 2.14 bits per heavy atom. The fourth-order valence-corrected chi connectivity index (χ4v) is 2.92. The van der Waals surface area contributed by atoms with Gasteiger partial charge in [-0.1, -0.05) is 13.8 Å². The smallest absolute Gasteiger partial charge is 0.317 e. The quantitative estimate of drug-likeness (QED) is 0.682. The predicted molar refractivity (Wildman–Crippen MR) is 56.1 cm³/mol. The first kappa shape index (κ1) is 9.81. The molecule has 0 radical (unpaired) electrons. The minimum absolute atomic E-state index is 0.149. The number of carbonyl (C=O) groups is 1. The first-order chi connectivity index (χ1) is 6.68. The molecule has 2 fully saturated rings. The molecule has 2 rings (SSSR count). The van der Waals surface area contributed by atoms with Crippen LogP contribution in [0.15, 0.2) is 0 Å². The molecule has 3 atom stereocenters. The van der Waals surface area contributed by atoms with Gasteiger partial charge in [-0.25, -0.2) is 4.79 Å². The number of urea groups is 1. The van der Waals surface area contributed by atoms with Crippen molar-refractivity contribution in [2.24, 2.45) is 11.8 Å². The Balaban J connectivity index is 2.00. The summed E-state index contributed by atoms with van der Waals surface area (Å²) in [5.41, 5.74) is 0. The third-order valence-corrected chi connectivity index (χ3v) is 3.68. The molecular formula is C11H20N2O. The van der Waals surface area contributed by atoms with Gasteiger partial charge in [0.15, 0.2) is 0 Å². The van der Waals surface area contributed by atoms with Crippen molar-refractivity contribution in [3.8, 4) is 0 Å². The van der Waals surface area contributed by atoms with Crippen molar-refractivity contribution in [3.05, 3.63) is 0 Å². The molecule has 14 heavy (non-hydrogen) atoms. The van der Waals surface area contributed by atoms with Crippen molar-refractivity contribution in [3.63, 3.8) is 0 Å². The van der Waals surface area contributed by atoms with E-state index in [1.54, 1.807) is 0 Å². The first-order valence-electron chi connectivity index (χ1n) is 5.73. The van der Waals surface area contributed by atoms with Gasteiger partial charge in [0.25, 0.3) is 0 Å². The highest BCUT2D eigenvalue weighted by molar-refractivity contribution is 5.76. The largest absolute Gasteiger partial charge is 0.336 e.